The molecule has 0 atom stereocenters. The Bertz CT molecular complexity index is 490. The van der Waals surface area contributed by atoms with E-state index in [0.29, 0.717) is 0 Å². The molecular weight excluding hydrogens is 194 g/mol. The monoisotopic (exact) mass is 213 g/mol. The highest BCUT2D eigenvalue weighted by molar-refractivity contribution is 5.88. The van der Waals surface area contributed by atoms with Gasteiger partial charge in [-0.05, 0) is 48.9 Å². The maximum atomic E-state index is 4.48. The van der Waals surface area contributed by atoms with E-state index in [0.717, 1.165) is 0 Å². The maximum absolute atomic E-state index is 4.48. The molecule has 1 aliphatic rings. The second kappa shape index (κ2) is 4.65. The molecule has 1 aromatic carbocycles. The molecule has 2 aromatic rings. The van der Waals surface area contributed by atoms with Gasteiger partial charge in [-0.25, -0.2) is 0 Å². The van der Waals surface area contributed by atoms with Crippen LogP contribution in [0.5, 0.6) is 0 Å². The van der Waals surface area contributed by atoms with Crippen molar-refractivity contribution in [3.63, 3.8) is 0 Å². The van der Waals surface area contributed by atoms with Crippen LogP contribution in [-0.4, -0.2) is 4.98 Å². The first-order chi connectivity index (χ1) is 7.86. The fraction of sp³-hybridized carbons (Fsp3) is 0.400. The SMILES string of the molecule is CC.Cc1ccc2c3c(ccnc13)CCC2. The maximum Gasteiger partial charge on any atom is 0.0736 e. The minimum absolute atomic E-state index is 1.21. The van der Waals surface area contributed by atoms with Gasteiger partial charge >= 0.3 is 0 Å². The quantitative estimate of drug-likeness (QED) is 0.643. The molecular formula is C15H19N. The highest BCUT2D eigenvalue weighted by Gasteiger charge is 2.13. The standard InChI is InChI=1S/C13H13N.C2H6/c1-9-5-6-10-3-2-4-11-7-8-14-13(9)12(10)11;1-2/h5-8H,2-4H2,1H3;1-2H3. The normalized spacial score (nSPS) is 13.2. The summed E-state index contributed by atoms with van der Waals surface area (Å²) in [5, 5.41) is 1.43. The first kappa shape index (κ1) is 11.1. The Hall–Kier alpha value is -1.37. The molecule has 1 aromatic heterocycles. The molecule has 0 aliphatic heterocycles. The lowest BCUT2D eigenvalue weighted by molar-refractivity contribution is 0.806. The number of hydrogen-bond acceptors (Lipinski definition) is 1. The van der Waals surface area contributed by atoms with Crippen LogP contribution in [-0.2, 0) is 12.8 Å². The van der Waals surface area contributed by atoms with Gasteiger partial charge in [0.25, 0.3) is 0 Å². The Labute approximate surface area is 97.5 Å². The molecule has 0 radical (unpaired) electrons. The number of rotatable bonds is 0. The van der Waals surface area contributed by atoms with Crippen LogP contribution < -0.4 is 0 Å². The molecule has 0 amide bonds. The van der Waals surface area contributed by atoms with Crippen molar-refractivity contribution >= 4 is 10.9 Å². The van der Waals surface area contributed by atoms with Gasteiger partial charge in [-0.15, -0.1) is 0 Å². The number of aryl methyl sites for hydroxylation is 3. The Kier molecular flexibility index (Phi) is 3.23. The Morgan fingerprint density at radius 3 is 2.44 bits per heavy atom. The van der Waals surface area contributed by atoms with Crippen molar-refractivity contribution < 1.29 is 0 Å². The Balaban J connectivity index is 0.000000457. The summed E-state index contributed by atoms with van der Waals surface area (Å²) in [5.41, 5.74) is 5.48. The summed E-state index contributed by atoms with van der Waals surface area (Å²) in [5.74, 6) is 0. The molecule has 0 saturated carbocycles. The fourth-order valence-electron chi connectivity index (χ4n) is 2.43. The highest BCUT2D eigenvalue weighted by atomic mass is 14.7. The molecule has 0 N–H and O–H groups in total. The van der Waals surface area contributed by atoms with Crippen LogP contribution in [0.2, 0.25) is 0 Å². The van der Waals surface area contributed by atoms with E-state index in [4.69, 9.17) is 0 Å². The second-order valence-corrected chi connectivity index (χ2v) is 4.09. The van der Waals surface area contributed by atoms with Gasteiger partial charge in [0.15, 0.2) is 0 Å². The van der Waals surface area contributed by atoms with E-state index in [1.807, 2.05) is 20.0 Å². The lowest BCUT2D eigenvalue weighted by atomic mass is 9.89. The molecule has 1 aliphatic carbocycles. The molecule has 0 fully saturated rings. The largest absolute Gasteiger partial charge is 0.256 e. The predicted molar refractivity (Wildman–Crippen MR) is 69.9 cm³/mol. The topological polar surface area (TPSA) is 12.9 Å². The lowest BCUT2D eigenvalue weighted by Crippen LogP contribution is -2.02. The highest BCUT2D eigenvalue weighted by Crippen LogP contribution is 2.29. The van der Waals surface area contributed by atoms with E-state index in [-0.39, 0.29) is 0 Å². The number of nitrogens with zero attached hydrogens (tertiary/aromatic N) is 1. The number of pyridine rings is 1. The summed E-state index contributed by atoms with van der Waals surface area (Å²) in [4.78, 5) is 4.48. The van der Waals surface area contributed by atoms with Crippen LogP contribution in [0.25, 0.3) is 10.9 Å². The van der Waals surface area contributed by atoms with Gasteiger partial charge in [-0.1, -0.05) is 26.0 Å². The molecule has 16 heavy (non-hydrogen) atoms. The van der Waals surface area contributed by atoms with Crippen LogP contribution in [0.3, 0.4) is 0 Å². The predicted octanol–water partition coefficient (Wildman–Crippen LogP) is 4.06. The van der Waals surface area contributed by atoms with Gasteiger partial charge in [0, 0.05) is 11.6 Å². The summed E-state index contributed by atoms with van der Waals surface area (Å²) in [6.45, 7) is 6.14. The van der Waals surface area contributed by atoms with E-state index in [2.05, 4.69) is 30.1 Å². The minimum atomic E-state index is 1.21. The molecule has 0 unspecified atom stereocenters. The van der Waals surface area contributed by atoms with Crippen molar-refractivity contribution in [3.05, 3.63) is 41.1 Å². The smallest absolute Gasteiger partial charge is 0.0736 e. The third-order valence-electron chi connectivity index (χ3n) is 3.16. The first-order valence-corrected chi connectivity index (χ1v) is 6.22. The van der Waals surface area contributed by atoms with Crippen LogP contribution in [0.4, 0.5) is 0 Å². The molecule has 0 saturated heterocycles. The summed E-state index contributed by atoms with van der Waals surface area (Å²) >= 11 is 0. The van der Waals surface area contributed by atoms with E-state index in [1.54, 1.807) is 0 Å². The number of hydrogen-bond donors (Lipinski definition) is 0. The van der Waals surface area contributed by atoms with Crippen LogP contribution in [0.15, 0.2) is 24.4 Å². The molecule has 1 nitrogen and oxygen atoms in total. The van der Waals surface area contributed by atoms with Gasteiger partial charge in [0.2, 0.25) is 0 Å². The van der Waals surface area contributed by atoms with Crippen molar-refractivity contribution in [1.29, 1.82) is 0 Å². The van der Waals surface area contributed by atoms with Gasteiger partial charge in [0.05, 0.1) is 5.52 Å². The fourth-order valence-corrected chi connectivity index (χ4v) is 2.43. The zero-order chi connectivity index (χ0) is 11.5. The van der Waals surface area contributed by atoms with E-state index >= 15 is 0 Å². The molecule has 1 heteroatoms. The second-order valence-electron chi connectivity index (χ2n) is 4.09. The van der Waals surface area contributed by atoms with Gasteiger partial charge in [0.1, 0.15) is 0 Å². The van der Waals surface area contributed by atoms with Crippen LogP contribution >= 0.6 is 0 Å². The molecule has 0 spiro atoms. The lowest BCUT2D eigenvalue weighted by Gasteiger charge is -2.17. The third kappa shape index (κ3) is 1.71. The summed E-state index contributed by atoms with van der Waals surface area (Å²) < 4.78 is 0. The van der Waals surface area contributed by atoms with Crippen molar-refractivity contribution in [1.82, 2.24) is 4.98 Å². The zero-order valence-corrected chi connectivity index (χ0v) is 10.4. The average Bonchev–Trinajstić information content (AvgIpc) is 2.37. The van der Waals surface area contributed by atoms with Crippen molar-refractivity contribution in [2.75, 3.05) is 0 Å². The van der Waals surface area contributed by atoms with E-state index < -0.39 is 0 Å². The Morgan fingerprint density at radius 2 is 1.69 bits per heavy atom. The van der Waals surface area contributed by atoms with Crippen LogP contribution in [0, 0.1) is 6.92 Å². The minimum Gasteiger partial charge on any atom is -0.256 e. The molecule has 1 heterocycles. The van der Waals surface area contributed by atoms with Crippen molar-refractivity contribution in [3.8, 4) is 0 Å². The van der Waals surface area contributed by atoms with E-state index in [1.165, 1.54) is 46.9 Å². The third-order valence-corrected chi connectivity index (χ3v) is 3.16. The van der Waals surface area contributed by atoms with Gasteiger partial charge in [-0.2, -0.15) is 0 Å². The summed E-state index contributed by atoms with van der Waals surface area (Å²) in [7, 11) is 0. The van der Waals surface area contributed by atoms with Gasteiger partial charge in [-0.3, -0.25) is 4.98 Å². The summed E-state index contributed by atoms with van der Waals surface area (Å²) in [6, 6.07) is 6.63. The molecule has 0 bridgehead atoms. The van der Waals surface area contributed by atoms with Gasteiger partial charge < -0.3 is 0 Å². The Morgan fingerprint density at radius 1 is 1.00 bits per heavy atom. The number of benzene rings is 1. The van der Waals surface area contributed by atoms with Crippen molar-refractivity contribution in [2.24, 2.45) is 0 Å². The van der Waals surface area contributed by atoms with Crippen molar-refractivity contribution in [2.45, 2.75) is 40.0 Å². The first-order valence-electron chi connectivity index (χ1n) is 6.22. The average molecular weight is 213 g/mol. The van der Waals surface area contributed by atoms with Crippen LogP contribution in [0.1, 0.15) is 37.0 Å². The molecule has 3 rings (SSSR count). The zero-order valence-electron chi connectivity index (χ0n) is 10.4. The number of aromatic nitrogens is 1. The molecule has 84 valence electrons. The van der Waals surface area contributed by atoms with E-state index in [9.17, 15) is 0 Å². The summed E-state index contributed by atoms with van der Waals surface area (Å²) in [6.07, 6.45) is 5.67.